The summed E-state index contributed by atoms with van der Waals surface area (Å²) in [5.74, 6) is -2.19. The largest absolute Gasteiger partial charge is 0.476 e. The predicted molar refractivity (Wildman–Crippen MR) is 190 cm³/mol. The van der Waals surface area contributed by atoms with E-state index in [0.717, 1.165) is 35.6 Å². The van der Waals surface area contributed by atoms with Crippen LogP contribution in [0.25, 0.3) is 11.6 Å². The van der Waals surface area contributed by atoms with Crippen LogP contribution >= 0.6 is 22.7 Å². The van der Waals surface area contributed by atoms with Crippen LogP contribution in [0.3, 0.4) is 0 Å². The maximum atomic E-state index is 13.6. The van der Waals surface area contributed by atoms with Crippen LogP contribution in [0, 0.1) is 11.8 Å². The van der Waals surface area contributed by atoms with E-state index < -0.39 is 41.8 Å². The SMILES string of the molecule is CN[C@@H](CC(C)C)C(=O)N1CCC[C@H]1c1nc(-c2nc(C(=O)N3CCC[C@H]3C(=O)N[C@H](C(=O)N[C@@H](C)c3nc(C(=O)O)cs3)C(C)C)co2)cs1. The number of hydrogen-bond acceptors (Lipinski definition) is 12. The molecule has 0 aromatic carbocycles. The fourth-order valence-electron chi connectivity index (χ4n) is 6.49. The molecular weight excluding hydrogens is 697 g/mol. The Morgan fingerprint density at radius 2 is 1.67 bits per heavy atom. The number of carboxylic acid groups (broad SMARTS) is 1. The maximum absolute atomic E-state index is 13.6. The zero-order valence-corrected chi connectivity index (χ0v) is 31.3. The van der Waals surface area contributed by atoms with Gasteiger partial charge in [-0.05, 0) is 57.9 Å². The highest BCUT2D eigenvalue weighted by Gasteiger charge is 2.39. The molecule has 2 aliphatic heterocycles. The summed E-state index contributed by atoms with van der Waals surface area (Å²) in [5, 5.41) is 22.4. The molecule has 5 atom stereocenters. The van der Waals surface area contributed by atoms with E-state index in [1.165, 1.54) is 27.9 Å². The van der Waals surface area contributed by atoms with E-state index in [9.17, 15) is 29.1 Å². The number of nitrogens with zero attached hydrogens (tertiary/aromatic N) is 5. The molecular formula is C34H46N8O7S2. The van der Waals surface area contributed by atoms with Gasteiger partial charge in [0.25, 0.3) is 5.91 Å². The smallest absolute Gasteiger partial charge is 0.355 e. The molecule has 0 aliphatic carbocycles. The second-order valence-electron chi connectivity index (χ2n) is 13.8. The first-order valence-corrected chi connectivity index (χ1v) is 19.0. The predicted octanol–water partition coefficient (Wildman–Crippen LogP) is 3.87. The summed E-state index contributed by atoms with van der Waals surface area (Å²) in [7, 11) is 1.81. The van der Waals surface area contributed by atoms with Crippen molar-refractivity contribution in [2.24, 2.45) is 11.8 Å². The second-order valence-corrected chi connectivity index (χ2v) is 15.5. The van der Waals surface area contributed by atoms with Crippen molar-refractivity contribution in [3.8, 4) is 11.6 Å². The molecule has 15 nitrogen and oxygen atoms in total. The third-order valence-corrected chi connectivity index (χ3v) is 11.1. The van der Waals surface area contributed by atoms with Gasteiger partial charge in [-0.2, -0.15) is 0 Å². The molecule has 4 N–H and O–H groups in total. The average molecular weight is 743 g/mol. The Hall–Kier alpha value is -4.22. The number of thiazole rings is 2. The number of nitrogens with one attached hydrogen (secondary N) is 3. The summed E-state index contributed by atoms with van der Waals surface area (Å²) >= 11 is 2.55. The van der Waals surface area contributed by atoms with Gasteiger partial charge in [0.2, 0.25) is 23.6 Å². The first-order valence-electron chi connectivity index (χ1n) is 17.3. The number of carbonyl (C=O) groups is 5. The van der Waals surface area contributed by atoms with Crippen LogP contribution in [-0.2, 0) is 14.4 Å². The van der Waals surface area contributed by atoms with Crippen molar-refractivity contribution in [3.05, 3.63) is 38.4 Å². The quantitative estimate of drug-likeness (QED) is 0.187. The van der Waals surface area contributed by atoms with Crippen LogP contribution in [-0.4, -0.2) is 97.7 Å². The minimum Gasteiger partial charge on any atom is -0.476 e. The van der Waals surface area contributed by atoms with Gasteiger partial charge < -0.3 is 35.3 Å². The molecule has 5 heterocycles. The number of rotatable bonds is 14. The van der Waals surface area contributed by atoms with E-state index in [-0.39, 0.29) is 41.2 Å². The summed E-state index contributed by atoms with van der Waals surface area (Å²) in [6, 6.07) is -2.69. The van der Waals surface area contributed by atoms with Crippen molar-refractivity contribution >= 4 is 52.3 Å². The third-order valence-electron chi connectivity index (χ3n) is 9.17. The van der Waals surface area contributed by atoms with E-state index in [1.807, 2.05) is 17.3 Å². The molecule has 51 heavy (non-hydrogen) atoms. The molecule has 5 rings (SSSR count). The summed E-state index contributed by atoms with van der Waals surface area (Å²) in [5.41, 5.74) is 0.405. The van der Waals surface area contributed by atoms with Crippen LogP contribution in [0.5, 0.6) is 0 Å². The van der Waals surface area contributed by atoms with Gasteiger partial charge in [0.05, 0.1) is 18.1 Å². The Bertz CT molecular complexity index is 1740. The fourth-order valence-corrected chi connectivity index (χ4v) is 8.23. The minimum absolute atomic E-state index is 0.0404. The summed E-state index contributed by atoms with van der Waals surface area (Å²) < 4.78 is 5.70. The first-order chi connectivity index (χ1) is 24.3. The number of carbonyl (C=O) groups excluding carboxylic acids is 4. The van der Waals surface area contributed by atoms with Crippen molar-refractivity contribution in [1.29, 1.82) is 0 Å². The number of likely N-dealkylation sites (N-methyl/N-ethyl adjacent to an activating group) is 1. The molecule has 4 amide bonds. The lowest BCUT2D eigenvalue weighted by molar-refractivity contribution is -0.134. The topological polar surface area (TPSA) is 200 Å². The summed E-state index contributed by atoms with van der Waals surface area (Å²) in [6.07, 6.45) is 4.71. The number of carboxylic acids is 1. The molecule has 2 aliphatic rings. The number of likely N-dealkylation sites (tertiary alicyclic amines) is 2. The molecule has 2 fully saturated rings. The standard InChI is InChI=1S/C34H46N8O7S2/c1-17(2)13-20(35-6)32(45)42-12-8-10-25(42)31-38-22(15-51-31)29-37-21(14-49-29)33(46)41-11-7-9-24(41)27(43)40-26(18(3)4)28(44)36-19(5)30-39-23(16-50-30)34(47)48/h14-20,24-26,35H,7-13H2,1-6H3,(H,36,44)(H,40,43)(H,47,48)/t19-,20-,24-,25-,26-/m0/s1. The number of hydrogen-bond donors (Lipinski definition) is 4. The van der Waals surface area contributed by atoms with Gasteiger partial charge in [-0.25, -0.2) is 19.7 Å². The van der Waals surface area contributed by atoms with E-state index in [4.69, 9.17) is 9.40 Å². The van der Waals surface area contributed by atoms with E-state index in [2.05, 4.69) is 39.8 Å². The molecule has 3 aromatic rings. The third kappa shape index (κ3) is 8.64. The van der Waals surface area contributed by atoms with E-state index >= 15 is 0 Å². The fraction of sp³-hybridized carbons (Fsp3) is 0.588. The number of oxazole rings is 1. The van der Waals surface area contributed by atoms with E-state index in [1.54, 1.807) is 20.8 Å². The van der Waals surface area contributed by atoms with Crippen LogP contribution in [0.1, 0.15) is 110 Å². The van der Waals surface area contributed by atoms with Crippen LogP contribution < -0.4 is 16.0 Å². The molecule has 0 radical (unpaired) electrons. The van der Waals surface area contributed by atoms with Gasteiger partial charge in [-0.1, -0.05) is 27.7 Å². The van der Waals surface area contributed by atoms with Gasteiger partial charge in [-0.15, -0.1) is 22.7 Å². The Balaban J connectivity index is 1.22. The molecule has 0 unspecified atom stereocenters. The van der Waals surface area contributed by atoms with Crippen LogP contribution in [0.2, 0.25) is 0 Å². The summed E-state index contributed by atoms with van der Waals surface area (Å²) in [4.78, 5) is 81.7. The highest BCUT2D eigenvalue weighted by atomic mass is 32.1. The molecule has 276 valence electrons. The van der Waals surface area contributed by atoms with Gasteiger partial charge in [0, 0.05) is 23.8 Å². The van der Waals surface area contributed by atoms with Crippen molar-refractivity contribution in [2.75, 3.05) is 20.1 Å². The molecule has 2 saturated heterocycles. The maximum Gasteiger partial charge on any atom is 0.355 e. The van der Waals surface area contributed by atoms with Crippen molar-refractivity contribution in [1.82, 2.24) is 40.7 Å². The van der Waals surface area contributed by atoms with Crippen molar-refractivity contribution < 1.29 is 33.5 Å². The second kappa shape index (κ2) is 16.4. The Morgan fingerprint density at radius 1 is 0.941 bits per heavy atom. The first kappa shape index (κ1) is 38.0. The zero-order valence-electron chi connectivity index (χ0n) is 29.7. The highest BCUT2D eigenvalue weighted by molar-refractivity contribution is 7.10. The molecule has 0 spiro atoms. The molecule has 0 bridgehead atoms. The Morgan fingerprint density at radius 3 is 2.33 bits per heavy atom. The normalized spacial score (nSPS) is 19.4. The average Bonchev–Trinajstić information content (AvgIpc) is 3.93. The number of amides is 4. The Labute approximate surface area is 304 Å². The highest BCUT2D eigenvalue weighted by Crippen LogP contribution is 2.36. The Kier molecular flexibility index (Phi) is 12.2. The van der Waals surface area contributed by atoms with Gasteiger partial charge >= 0.3 is 5.97 Å². The lowest BCUT2D eigenvalue weighted by atomic mass is 10.0. The number of aromatic nitrogens is 3. The molecule has 0 saturated carbocycles. The van der Waals surface area contributed by atoms with Gasteiger partial charge in [0.15, 0.2) is 11.4 Å². The van der Waals surface area contributed by atoms with Crippen molar-refractivity contribution in [3.63, 3.8) is 0 Å². The number of aromatic carboxylic acids is 1. The van der Waals surface area contributed by atoms with Crippen LogP contribution in [0.4, 0.5) is 0 Å². The lowest BCUT2D eigenvalue weighted by Gasteiger charge is -2.28. The van der Waals surface area contributed by atoms with Gasteiger partial charge in [-0.3, -0.25) is 19.2 Å². The minimum atomic E-state index is -1.15. The lowest BCUT2D eigenvalue weighted by Crippen LogP contribution is -2.55. The molecule has 17 heteroatoms. The zero-order chi connectivity index (χ0) is 37.0. The molecule has 3 aromatic heterocycles. The monoisotopic (exact) mass is 742 g/mol. The summed E-state index contributed by atoms with van der Waals surface area (Å²) in [6.45, 7) is 10.5. The van der Waals surface area contributed by atoms with Crippen molar-refractivity contribution in [2.45, 2.75) is 96.9 Å². The van der Waals surface area contributed by atoms with Crippen LogP contribution in [0.15, 0.2) is 21.4 Å². The van der Waals surface area contributed by atoms with E-state index in [0.29, 0.717) is 42.6 Å². The van der Waals surface area contributed by atoms with Gasteiger partial charge in [0.1, 0.15) is 34.1 Å².